The molecule has 118 valence electrons. The van der Waals surface area contributed by atoms with Crippen molar-refractivity contribution in [2.75, 3.05) is 59.5 Å². The second kappa shape index (κ2) is 10.1. The summed E-state index contributed by atoms with van der Waals surface area (Å²) in [6.07, 6.45) is 1.65. The number of piperazine rings is 1. The van der Waals surface area contributed by atoms with E-state index in [9.17, 15) is 4.79 Å². The van der Waals surface area contributed by atoms with Crippen LogP contribution in [0.25, 0.3) is 0 Å². The van der Waals surface area contributed by atoms with E-state index in [1.54, 1.807) is 0 Å². The third-order valence-corrected chi connectivity index (χ3v) is 3.76. The molecule has 1 aliphatic heterocycles. The highest BCUT2D eigenvalue weighted by Gasteiger charge is 2.18. The first-order valence-corrected chi connectivity index (χ1v) is 7.52. The number of carbonyl (C=O) groups is 1. The van der Waals surface area contributed by atoms with Crippen molar-refractivity contribution in [2.24, 2.45) is 5.73 Å². The van der Waals surface area contributed by atoms with Crippen LogP contribution in [0.3, 0.4) is 0 Å². The lowest BCUT2D eigenvalue weighted by molar-refractivity contribution is -0.141. The second-order valence-corrected chi connectivity index (χ2v) is 5.11. The lowest BCUT2D eigenvalue weighted by atomic mass is 10.2. The van der Waals surface area contributed by atoms with Crippen LogP contribution in [-0.2, 0) is 14.3 Å². The minimum absolute atomic E-state index is 0.130. The van der Waals surface area contributed by atoms with Gasteiger partial charge in [0.2, 0.25) is 0 Å². The van der Waals surface area contributed by atoms with E-state index in [4.69, 9.17) is 10.5 Å². The van der Waals surface area contributed by atoms with Crippen LogP contribution in [0.2, 0.25) is 0 Å². The minimum atomic E-state index is -0.130. The van der Waals surface area contributed by atoms with Crippen LogP contribution in [-0.4, -0.2) is 81.4 Å². The molecule has 0 spiro atoms. The molecule has 0 aromatic rings. The number of esters is 1. The Morgan fingerprint density at radius 1 is 1.20 bits per heavy atom. The van der Waals surface area contributed by atoms with Crippen LogP contribution in [0.4, 0.5) is 0 Å². The van der Waals surface area contributed by atoms with Gasteiger partial charge in [-0.05, 0) is 13.3 Å². The van der Waals surface area contributed by atoms with Gasteiger partial charge in [-0.25, -0.2) is 0 Å². The molecule has 1 atom stereocenters. The van der Waals surface area contributed by atoms with Crippen LogP contribution in [0.15, 0.2) is 0 Å². The summed E-state index contributed by atoms with van der Waals surface area (Å²) in [6, 6.07) is 0. The molecule has 1 rings (SSSR count). The zero-order valence-electron chi connectivity index (χ0n) is 12.8. The standard InChI is InChI=1S/C14H29N3O3/c1-3-20-13(12-15)4-6-16-8-10-17(11-9-16)7-5-14(18)19-2/h13H,3-12,15H2,1-2H3. The van der Waals surface area contributed by atoms with Crippen molar-refractivity contribution in [1.82, 2.24) is 9.80 Å². The first kappa shape index (κ1) is 17.4. The van der Waals surface area contributed by atoms with Crippen molar-refractivity contribution < 1.29 is 14.3 Å². The van der Waals surface area contributed by atoms with E-state index in [1.807, 2.05) is 6.92 Å². The summed E-state index contributed by atoms with van der Waals surface area (Å²) in [5.74, 6) is -0.130. The van der Waals surface area contributed by atoms with Gasteiger partial charge in [0.25, 0.3) is 0 Å². The van der Waals surface area contributed by atoms with Gasteiger partial charge in [0, 0.05) is 52.4 Å². The molecule has 0 aromatic carbocycles. The van der Waals surface area contributed by atoms with E-state index in [0.717, 1.165) is 52.3 Å². The molecule has 6 nitrogen and oxygen atoms in total. The fraction of sp³-hybridized carbons (Fsp3) is 0.929. The molecular weight excluding hydrogens is 258 g/mol. The minimum Gasteiger partial charge on any atom is -0.469 e. The van der Waals surface area contributed by atoms with Crippen LogP contribution < -0.4 is 5.73 Å². The maximum absolute atomic E-state index is 11.1. The van der Waals surface area contributed by atoms with Gasteiger partial charge in [-0.15, -0.1) is 0 Å². The van der Waals surface area contributed by atoms with Crippen molar-refractivity contribution in [2.45, 2.75) is 25.9 Å². The lowest BCUT2D eigenvalue weighted by Gasteiger charge is -2.35. The summed E-state index contributed by atoms with van der Waals surface area (Å²) < 4.78 is 10.2. The number of nitrogens with two attached hydrogens (primary N) is 1. The highest BCUT2D eigenvalue weighted by molar-refractivity contribution is 5.69. The van der Waals surface area contributed by atoms with Gasteiger partial charge < -0.3 is 25.0 Å². The van der Waals surface area contributed by atoms with E-state index in [2.05, 4.69) is 14.5 Å². The third kappa shape index (κ3) is 6.65. The van der Waals surface area contributed by atoms with Crippen molar-refractivity contribution >= 4 is 5.97 Å². The predicted molar refractivity (Wildman–Crippen MR) is 78.6 cm³/mol. The number of methoxy groups -OCH3 is 1. The number of hydrogen-bond donors (Lipinski definition) is 1. The normalized spacial score (nSPS) is 18.9. The predicted octanol–water partition coefficient (Wildman–Crippen LogP) is -0.0790. The summed E-state index contributed by atoms with van der Waals surface area (Å²) in [4.78, 5) is 15.9. The first-order chi connectivity index (χ1) is 9.69. The summed E-state index contributed by atoms with van der Waals surface area (Å²) in [5.41, 5.74) is 5.68. The number of carbonyl (C=O) groups excluding carboxylic acids is 1. The Morgan fingerprint density at radius 3 is 2.30 bits per heavy atom. The average Bonchev–Trinajstić information content (AvgIpc) is 2.50. The van der Waals surface area contributed by atoms with E-state index >= 15 is 0 Å². The molecule has 0 radical (unpaired) electrons. The van der Waals surface area contributed by atoms with Gasteiger partial charge in [0.15, 0.2) is 0 Å². The number of rotatable bonds is 9. The Labute approximate surface area is 122 Å². The van der Waals surface area contributed by atoms with Crippen molar-refractivity contribution in [1.29, 1.82) is 0 Å². The Kier molecular flexibility index (Phi) is 8.77. The monoisotopic (exact) mass is 287 g/mol. The molecule has 0 amide bonds. The summed E-state index contributed by atoms with van der Waals surface area (Å²) in [5, 5.41) is 0. The van der Waals surface area contributed by atoms with Gasteiger partial charge in [-0.1, -0.05) is 0 Å². The number of ether oxygens (including phenoxy) is 2. The fourth-order valence-electron chi connectivity index (χ4n) is 2.42. The fourth-order valence-corrected chi connectivity index (χ4v) is 2.42. The highest BCUT2D eigenvalue weighted by atomic mass is 16.5. The summed E-state index contributed by atoms with van der Waals surface area (Å²) >= 11 is 0. The SMILES string of the molecule is CCOC(CN)CCN1CCN(CCC(=O)OC)CC1. The smallest absolute Gasteiger partial charge is 0.306 e. The molecule has 0 aromatic heterocycles. The molecule has 0 aliphatic carbocycles. The molecule has 1 heterocycles. The molecule has 20 heavy (non-hydrogen) atoms. The maximum atomic E-state index is 11.1. The quantitative estimate of drug-likeness (QED) is 0.598. The number of hydrogen-bond acceptors (Lipinski definition) is 6. The maximum Gasteiger partial charge on any atom is 0.306 e. The molecule has 6 heteroatoms. The third-order valence-electron chi connectivity index (χ3n) is 3.76. The summed E-state index contributed by atoms with van der Waals surface area (Å²) in [7, 11) is 1.44. The van der Waals surface area contributed by atoms with Crippen LogP contribution in [0.1, 0.15) is 19.8 Å². The molecule has 1 saturated heterocycles. The van der Waals surface area contributed by atoms with Crippen LogP contribution in [0.5, 0.6) is 0 Å². The summed E-state index contributed by atoms with van der Waals surface area (Å²) in [6.45, 7) is 9.27. The van der Waals surface area contributed by atoms with Gasteiger partial charge in [-0.3, -0.25) is 4.79 Å². The van der Waals surface area contributed by atoms with Gasteiger partial charge in [-0.2, -0.15) is 0 Å². The Bertz CT molecular complexity index is 268. The Hall–Kier alpha value is -0.690. The van der Waals surface area contributed by atoms with E-state index < -0.39 is 0 Å². The molecule has 1 unspecified atom stereocenters. The Balaban J connectivity index is 2.13. The van der Waals surface area contributed by atoms with Crippen molar-refractivity contribution in [3.63, 3.8) is 0 Å². The molecule has 1 fully saturated rings. The molecule has 0 saturated carbocycles. The van der Waals surface area contributed by atoms with E-state index in [0.29, 0.717) is 13.0 Å². The molecule has 1 aliphatic rings. The largest absolute Gasteiger partial charge is 0.469 e. The topological polar surface area (TPSA) is 68.0 Å². The van der Waals surface area contributed by atoms with Crippen LogP contribution in [0, 0.1) is 0 Å². The van der Waals surface area contributed by atoms with E-state index in [-0.39, 0.29) is 12.1 Å². The van der Waals surface area contributed by atoms with Crippen molar-refractivity contribution in [3.8, 4) is 0 Å². The molecule has 0 bridgehead atoms. The highest BCUT2D eigenvalue weighted by Crippen LogP contribution is 2.06. The van der Waals surface area contributed by atoms with Gasteiger partial charge in [0.05, 0.1) is 19.6 Å². The zero-order chi connectivity index (χ0) is 14.8. The molecule has 2 N–H and O–H groups in total. The van der Waals surface area contributed by atoms with Gasteiger partial charge >= 0.3 is 5.97 Å². The zero-order valence-corrected chi connectivity index (χ0v) is 12.8. The van der Waals surface area contributed by atoms with E-state index in [1.165, 1.54) is 7.11 Å². The van der Waals surface area contributed by atoms with Gasteiger partial charge in [0.1, 0.15) is 0 Å². The lowest BCUT2D eigenvalue weighted by Crippen LogP contribution is -2.47. The first-order valence-electron chi connectivity index (χ1n) is 7.52. The average molecular weight is 287 g/mol. The number of nitrogens with zero attached hydrogens (tertiary/aromatic N) is 2. The van der Waals surface area contributed by atoms with Crippen LogP contribution >= 0.6 is 0 Å². The van der Waals surface area contributed by atoms with Crippen molar-refractivity contribution in [3.05, 3.63) is 0 Å². The molecular formula is C14H29N3O3. The Morgan fingerprint density at radius 2 is 1.80 bits per heavy atom. The second-order valence-electron chi connectivity index (χ2n) is 5.11.